The molecule has 1 aromatic carbocycles. The molecule has 5 nitrogen and oxygen atoms in total. The largest absolute Gasteiger partial charge is 0.493 e. The van der Waals surface area contributed by atoms with Crippen LogP contribution in [0.5, 0.6) is 11.5 Å². The van der Waals surface area contributed by atoms with E-state index in [1.54, 1.807) is 14.2 Å². The van der Waals surface area contributed by atoms with E-state index in [1.165, 1.54) is 43.4 Å². The molecule has 1 N–H and O–H groups in total. The molecule has 2 heterocycles. The second kappa shape index (κ2) is 7.74. The van der Waals surface area contributed by atoms with Gasteiger partial charge in [0.1, 0.15) is 17.2 Å². The Hall–Kier alpha value is -2.69. The van der Waals surface area contributed by atoms with Gasteiger partial charge in [-0.3, -0.25) is 4.40 Å². The molecule has 1 aliphatic carbocycles. The van der Waals surface area contributed by atoms with Gasteiger partial charge in [0, 0.05) is 17.3 Å². The minimum Gasteiger partial charge on any atom is -0.493 e. The molecule has 0 amide bonds. The molecular formula is C23H29N3O2. The smallest absolute Gasteiger partial charge is 0.161 e. The number of nitrogens with zero attached hydrogens (tertiary/aromatic N) is 2. The minimum absolute atomic E-state index is 0.494. The van der Waals surface area contributed by atoms with E-state index in [2.05, 4.69) is 41.8 Å². The number of fused-ring (bicyclic) bond motifs is 1. The van der Waals surface area contributed by atoms with Crippen LogP contribution in [0.3, 0.4) is 0 Å². The molecule has 3 aromatic rings. The fraction of sp³-hybridized carbons (Fsp3) is 0.435. The number of rotatable bonds is 5. The van der Waals surface area contributed by atoms with Gasteiger partial charge in [-0.25, -0.2) is 4.98 Å². The van der Waals surface area contributed by atoms with Gasteiger partial charge in [-0.05, 0) is 62.6 Å². The Labute approximate surface area is 166 Å². The van der Waals surface area contributed by atoms with Crippen molar-refractivity contribution in [3.63, 3.8) is 0 Å². The van der Waals surface area contributed by atoms with Crippen molar-refractivity contribution in [2.75, 3.05) is 19.5 Å². The average Bonchev–Trinajstić information content (AvgIpc) is 3.06. The normalized spacial score (nSPS) is 15.0. The molecule has 5 heteroatoms. The van der Waals surface area contributed by atoms with Crippen LogP contribution >= 0.6 is 0 Å². The second-order valence-electron chi connectivity index (χ2n) is 7.73. The van der Waals surface area contributed by atoms with Gasteiger partial charge in [0.2, 0.25) is 0 Å². The third-order valence-electron chi connectivity index (χ3n) is 5.65. The zero-order chi connectivity index (χ0) is 19.7. The van der Waals surface area contributed by atoms with Crippen LogP contribution < -0.4 is 14.8 Å². The Morgan fingerprint density at radius 2 is 1.71 bits per heavy atom. The number of ether oxygens (including phenoxy) is 2. The standard InChI is InChI=1S/C23H29N3O2/c1-15-12-16(2)26-21(13-15)25-22(23(26)24-18-8-6-5-7-9-18)17-10-11-19(27-3)20(14-17)28-4/h10-14,18,24H,5-9H2,1-4H3. The first-order valence-electron chi connectivity index (χ1n) is 10.1. The fourth-order valence-corrected chi connectivity index (χ4v) is 4.29. The van der Waals surface area contributed by atoms with Crippen molar-refractivity contribution in [2.24, 2.45) is 0 Å². The van der Waals surface area contributed by atoms with Gasteiger partial charge in [-0.1, -0.05) is 19.3 Å². The van der Waals surface area contributed by atoms with E-state index in [0.29, 0.717) is 11.8 Å². The van der Waals surface area contributed by atoms with Crippen molar-refractivity contribution in [2.45, 2.75) is 52.0 Å². The maximum atomic E-state index is 5.53. The highest BCUT2D eigenvalue weighted by Gasteiger charge is 2.21. The lowest BCUT2D eigenvalue weighted by molar-refractivity contribution is 0.355. The number of nitrogens with one attached hydrogen (secondary N) is 1. The molecule has 0 bridgehead atoms. The van der Waals surface area contributed by atoms with Crippen LogP contribution in [0, 0.1) is 13.8 Å². The van der Waals surface area contributed by atoms with Crippen LogP contribution in [0.25, 0.3) is 16.9 Å². The molecular weight excluding hydrogens is 350 g/mol. The predicted molar refractivity (Wildman–Crippen MR) is 114 cm³/mol. The van der Waals surface area contributed by atoms with E-state index in [9.17, 15) is 0 Å². The molecule has 4 rings (SSSR count). The van der Waals surface area contributed by atoms with Crippen molar-refractivity contribution in [3.05, 3.63) is 41.6 Å². The molecule has 1 saturated carbocycles. The molecule has 0 spiro atoms. The van der Waals surface area contributed by atoms with Gasteiger partial charge in [0.15, 0.2) is 11.5 Å². The van der Waals surface area contributed by atoms with Crippen molar-refractivity contribution >= 4 is 11.5 Å². The number of hydrogen-bond donors (Lipinski definition) is 1. The summed E-state index contributed by atoms with van der Waals surface area (Å²) in [6, 6.07) is 10.9. The zero-order valence-electron chi connectivity index (χ0n) is 17.2. The van der Waals surface area contributed by atoms with Crippen molar-refractivity contribution in [1.82, 2.24) is 9.38 Å². The predicted octanol–water partition coefficient (Wildman–Crippen LogP) is 5.38. The Kier molecular flexibility index (Phi) is 5.16. The average molecular weight is 380 g/mol. The van der Waals surface area contributed by atoms with E-state index < -0.39 is 0 Å². The number of aromatic nitrogens is 2. The number of methoxy groups -OCH3 is 2. The quantitative estimate of drug-likeness (QED) is 0.646. The maximum absolute atomic E-state index is 5.53. The molecule has 0 atom stereocenters. The number of anilines is 1. The summed E-state index contributed by atoms with van der Waals surface area (Å²) in [5, 5.41) is 3.83. The summed E-state index contributed by atoms with van der Waals surface area (Å²) >= 11 is 0. The van der Waals surface area contributed by atoms with E-state index in [0.717, 1.165) is 28.5 Å². The van der Waals surface area contributed by atoms with E-state index in [4.69, 9.17) is 14.5 Å². The fourth-order valence-electron chi connectivity index (χ4n) is 4.29. The van der Waals surface area contributed by atoms with E-state index in [1.807, 2.05) is 12.1 Å². The third kappa shape index (κ3) is 3.41. The van der Waals surface area contributed by atoms with Crippen molar-refractivity contribution in [3.8, 4) is 22.8 Å². The Morgan fingerprint density at radius 1 is 0.964 bits per heavy atom. The summed E-state index contributed by atoms with van der Waals surface area (Å²) in [5.41, 5.74) is 5.36. The Morgan fingerprint density at radius 3 is 2.43 bits per heavy atom. The second-order valence-corrected chi connectivity index (χ2v) is 7.73. The Bertz CT molecular complexity index is 987. The number of aryl methyl sites for hydroxylation is 2. The summed E-state index contributed by atoms with van der Waals surface area (Å²) in [4.78, 5) is 5.01. The van der Waals surface area contributed by atoms with Gasteiger partial charge in [0.05, 0.1) is 14.2 Å². The first kappa shape index (κ1) is 18.7. The van der Waals surface area contributed by atoms with Gasteiger partial charge in [-0.2, -0.15) is 0 Å². The van der Waals surface area contributed by atoms with Crippen LogP contribution in [0.15, 0.2) is 30.3 Å². The lowest BCUT2D eigenvalue weighted by atomic mass is 9.95. The van der Waals surface area contributed by atoms with Crippen molar-refractivity contribution < 1.29 is 9.47 Å². The zero-order valence-corrected chi connectivity index (χ0v) is 17.2. The SMILES string of the molecule is COc1ccc(-c2nc3cc(C)cc(C)n3c2NC2CCCCC2)cc1OC. The summed E-state index contributed by atoms with van der Waals surface area (Å²) in [7, 11) is 3.32. The van der Waals surface area contributed by atoms with Crippen LogP contribution in [-0.4, -0.2) is 29.6 Å². The highest BCUT2D eigenvalue weighted by Crippen LogP contribution is 2.37. The molecule has 2 aromatic heterocycles. The molecule has 1 fully saturated rings. The molecule has 0 aliphatic heterocycles. The van der Waals surface area contributed by atoms with Gasteiger partial charge in [-0.15, -0.1) is 0 Å². The summed E-state index contributed by atoms with van der Waals surface area (Å²) in [6.07, 6.45) is 6.34. The third-order valence-corrected chi connectivity index (χ3v) is 5.65. The van der Waals surface area contributed by atoms with Crippen LogP contribution in [-0.2, 0) is 0 Å². The molecule has 0 saturated heterocycles. The lowest BCUT2D eigenvalue weighted by Crippen LogP contribution is -2.23. The minimum atomic E-state index is 0.494. The van der Waals surface area contributed by atoms with E-state index in [-0.39, 0.29) is 0 Å². The van der Waals surface area contributed by atoms with Crippen LogP contribution in [0.2, 0.25) is 0 Å². The number of benzene rings is 1. The monoisotopic (exact) mass is 379 g/mol. The first-order valence-corrected chi connectivity index (χ1v) is 10.1. The number of hydrogen-bond acceptors (Lipinski definition) is 4. The molecule has 0 unspecified atom stereocenters. The molecule has 148 valence electrons. The topological polar surface area (TPSA) is 47.8 Å². The summed E-state index contributed by atoms with van der Waals surface area (Å²) in [6.45, 7) is 4.26. The van der Waals surface area contributed by atoms with Gasteiger partial charge in [0.25, 0.3) is 0 Å². The van der Waals surface area contributed by atoms with Crippen LogP contribution in [0.4, 0.5) is 5.82 Å². The lowest BCUT2D eigenvalue weighted by Gasteiger charge is -2.24. The van der Waals surface area contributed by atoms with E-state index >= 15 is 0 Å². The number of imidazole rings is 1. The molecule has 1 aliphatic rings. The molecule has 28 heavy (non-hydrogen) atoms. The van der Waals surface area contributed by atoms with Gasteiger partial charge < -0.3 is 14.8 Å². The van der Waals surface area contributed by atoms with Gasteiger partial charge >= 0.3 is 0 Å². The van der Waals surface area contributed by atoms with Crippen LogP contribution in [0.1, 0.15) is 43.4 Å². The maximum Gasteiger partial charge on any atom is 0.161 e. The Balaban J connectivity index is 1.87. The highest BCUT2D eigenvalue weighted by atomic mass is 16.5. The summed E-state index contributed by atoms with van der Waals surface area (Å²) < 4.78 is 13.2. The summed E-state index contributed by atoms with van der Waals surface area (Å²) in [5.74, 6) is 2.52. The molecule has 0 radical (unpaired) electrons. The highest BCUT2D eigenvalue weighted by molar-refractivity contribution is 5.78. The van der Waals surface area contributed by atoms with Crippen molar-refractivity contribution in [1.29, 1.82) is 0 Å². The first-order chi connectivity index (χ1) is 13.6. The number of pyridine rings is 1.